The first-order valence-electron chi connectivity index (χ1n) is 6.42. The average Bonchev–Trinajstić information content (AvgIpc) is 2.47. The zero-order valence-corrected chi connectivity index (χ0v) is 11.1. The molecule has 0 bridgehead atoms. The summed E-state index contributed by atoms with van der Waals surface area (Å²) < 4.78 is 34.7. The van der Waals surface area contributed by atoms with Gasteiger partial charge >= 0.3 is 6.61 Å². The minimum atomic E-state index is -2.91. The largest absolute Gasteiger partial charge is 0.434 e. The summed E-state index contributed by atoms with van der Waals surface area (Å²) in [6.45, 7) is -1.98. The summed E-state index contributed by atoms with van der Waals surface area (Å²) in [5.41, 5.74) is 7.85. The summed E-state index contributed by atoms with van der Waals surface area (Å²) in [6, 6.07) is 6.38. The number of hydrogen-bond donors (Lipinski definition) is 1. The van der Waals surface area contributed by atoms with E-state index in [1.165, 1.54) is 6.07 Å². The molecule has 5 nitrogen and oxygen atoms in total. The van der Waals surface area contributed by atoms with E-state index < -0.39 is 6.61 Å². The number of rotatable bonds is 3. The molecule has 0 unspecified atom stereocenters. The minimum absolute atomic E-state index is 0.0268. The van der Waals surface area contributed by atoms with E-state index in [2.05, 4.69) is 14.7 Å². The summed E-state index contributed by atoms with van der Waals surface area (Å²) in [6.07, 6.45) is 0.618. The molecule has 1 aliphatic rings. The molecule has 21 heavy (non-hydrogen) atoms. The van der Waals surface area contributed by atoms with Crippen molar-refractivity contribution in [2.45, 2.75) is 19.6 Å². The molecular weight excluding hydrogens is 280 g/mol. The van der Waals surface area contributed by atoms with Gasteiger partial charge in [0.15, 0.2) is 5.82 Å². The Balaban J connectivity index is 2.07. The van der Waals surface area contributed by atoms with Crippen LogP contribution >= 0.6 is 0 Å². The number of hydrogen-bond acceptors (Lipinski definition) is 5. The highest BCUT2D eigenvalue weighted by Crippen LogP contribution is 2.31. The van der Waals surface area contributed by atoms with E-state index in [0.29, 0.717) is 31.0 Å². The minimum Gasteiger partial charge on any atom is -0.434 e. The summed E-state index contributed by atoms with van der Waals surface area (Å²) in [7, 11) is 0. The van der Waals surface area contributed by atoms with Crippen LogP contribution in [0.4, 0.5) is 14.6 Å². The molecule has 0 aliphatic carbocycles. The molecule has 1 aliphatic heterocycles. The molecule has 0 saturated heterocycles. The highest BCUT2D eigenvalue weighted by atomic mass is 19.3. The van der Waals surface area contributed by atoms with Crippen molar-refractivity contribution in [1.82, 2.24) is 9.97 Å². The van der Waals surface area contributed by atoms with Crippen molar-refractivity contribution < 1.29 is 18.3 Å². The molecule has 1 aromatic heterocycles. The lowest BCUT2D eigenvalue weighted by Crippen LogP contribution is -2.16. The van der Waals surface area contributed by atoms with Crippen molar-refractivity contribution in [3.8, 4) is 17.1 Å². The van der Waals surface area contributed by atoms with Crippen molar-refractivity contribution in [3.05, 3.63) is 35.5 Å². The number of aromatic nitrogens is 2. The first kappa shape index (κ1) is 13.7. The Labute approximate surface area is 119 Å². The normalized spacial score (nSPS) is 14.0. The third kappa shape index (κ3) is 2.78. The highest BCUT2D eigenvalue weighted by Gasteiger charge is 2.19. The van der Waals surface area contributed by atoms with Gasteiger partial charge in [-0.15, -0.1) is 0 Å². The molecule has 0 amide bonds. The number of nitrogens with zero attached hydrogens (tertiary/aromatic N) is 2. The van der Waals surface area contributed by atoms with Gasteiger partial charge in [-0.3, -0.25) is 0 Å². The zero-order valence-electron chi connectivity index (χ0n) is 11.1. The Kier molecular flexibility index (Phi) is 3.66. The maximum atomic E-state index is 12.5. The highest BCUT2D eigenvalue weighted by molar-refractivity contribution is 5.66. The molecule has 0 atom stereocenters. The summed E-state index contributed by atoms with van der Waals surface area (Å²) in [5, 5.41) is 0. The molecule has 0 saturated carbocycles. The van der Waals surface area contributed by atoms with Crippen LogP contribution in [0.1, 0.15) is 11.3 Å². The van der Waals surface area contributed by atoms with E-state index >= 15 is 0 Å². The van der Waals surface area contributed by atoms with Crippen LogP contribution in [0.5, 0.6) is 5.75 Å². The third-order valence-electron chi connectivity index (χ3n) is 3.20. The van der Waals surface area contributed by atoms with Gasteiger partial charge in [-0.1, -0.05) is 12.1 Å². The average molecular weight is 293 g/mol. The molecular formula is C14H13F2N3O2. The van der Waals surface area contributed by atoms with Gasteiger partial charge in [0.1, 0.15) is 11.6 Å². The molecule has 3 rings (SSSR count). The van der Waals surface area contributed by atoms with Crippen LogP contribution in [-0.2, 0) is 17.8 Å². The summed E-state index contributed by atoms with van der Waals surface area (Å²) in [4.78, 5) is 8.60. The Hall–Kier alpha value is -2.28. The Morgan fingerprint density at radius 3 is 2.86 bits per heavy atom. The molecule has 0 fully saturated rings. The number of benzene rings is 1. The van der Waals surface area contributed by atoms with Crippen LogP contribution < -0.4 is 10.5 Å². The first-order valence-corrected chi connectivity index (χ1v) is 6.42. The van der Waals surface area contributed by atoms with Crippen molar-refractivity contribution in [1.29, 1.82) is 0 Å². The second-order valence-electron chi connectivity index (χ2n) is 4.53. The number of fused-ring (bicyclic) bond motifs is 1. The quantitative estimate of drug-likeness (QED) is 0.941. The lowest BCUT2D eigenvalue weighted by atomic mass is 10.1. The van der Waals surface area contributed by atoms with Crippen molar-refractivity contribution in [3.63, 3.8) is 0 Å². The first-order chi connectivity index (χ1) is 10.1. The third-order valence-corrected chi connectivity index (χ3v) is 3.20. The fourth-order valence-electron chi connectivity index (χ4n) is 2.23. The van der Waals surface area contributed by atoms with E-state index in [-0.39, 0.29) is 11.6 Å². The van der Waals surface area contributed by atoms with Gasteiger partial charge in [0, 0.05) is 12.0 Å². The Morgan fingerprint density at radius 1 is 1.24 bits per heavy atom. The molecule has 0 spiro atoms. The van der Waals surface area contributed by atoms with E-state index in [9.17, 15) is 8.78 Å². The van der Waals surface area contributed by atoms with Gasteiger partial charge in [0.25, 0.3) is 0 Å². The van der Waals surface area contributed by atoms with Crippen LogP contribution in [0.3, 0.4) is 0 Å². The maximum Gasteiger partial charge on any atom is 0.387 e. The van der Waals surface area contributed by atoms with E-state index in [1.54, 1.807) is 18.2 Å². The van der Waals surface area contributed by atoms with Crippen molar-refractivity contribution in [2.24, 2.45) is 0 Å². The fourth-order valence-corrected chi connectivity index (χ4v) is 2.23. The van der Waals surface area contributed by atoms with Gasteiger partial charge in [-0.25, -0.2) is 9.97 Å². The van der Waals surface area contributed by atoms with Crippen LogP contribution in [0.25, 0.3) is 11.4 Å². The number of alkyl halides is 2. The van der Waals surface area contributed by atoms with Gasteiger partial charge in [-0.05, 0) is 12.1 Å². The predicted octanol–water partition coefficient (Wildman–Crippen LogP) is 2.40. The smallest absolute Gasteiger partial charge is 0.387 e. The monoisotopic (exact) mass is 293 g/mol. The second kappa shape index (κ2) is 5.61. The van der Waals surface area contributed by atoms with Crippen LogP contribution in [0.2, 0.25) is 0 Å². The second-order valence-corrected chi connectivity index (χ2v) is 4.53. The van der Waals surface area contributed by atoms with Crippen LogP contribution in [-0.4, -0.2) is 23.2 Å². The van der Waals surface area contributed by atoms with E-state index in [1.807, 2.05) is 0 Å². The lowest BCUT2D eigenvalue weighted by Gasteiger charge is -2.18. The summed E-state index contributed by atoms with van der Waals surface area (Å²) >= 11 is 0. The van der Waals surface area contributed by atoms with Gasteiger partial charge in [-0.2, -0.15) is 8.78 Å². The lowest BCUT2D eigenvalue weighted by molar-refractivity contribution is -0.0494. The molecule has 2 heterocycles. The number of nitrogen functional groups attached to an aromatic ring is 1. The predicted molar refractivity (Wildman–Crippen MR) is 71.9 cm³/mol. The topological polar surface area (TPSA) is 70.3 Å². The number of halogens is 2. The van der Waals surface area contributed by atoms with Crippen molar-refractivity contribution in [2.75, 3.05) is 12.3 Å². The molecule has 7 heteroatoms. The van der Waals surface area contributed by atoms with Gasteiger partial charge in [0.05, 0.1) is 24.5 Å². The SMILES string of the molecule is Nc1nc(-c2ccccc2OC(F)F)nc2c1COCC2. The van der Waals surface area contributed by atoms with E-state index in [0.717, 1.165) is 11.3 Å². The Bertz CT molecular complexity index is 665. The molecule has 110 valence electrons. The van der Waals surface area contributed by atoms with Gasteiger partial charge < -0.3 is 15.2 Å². The van der Waals surface area contributed by atoms with Crippen molar-refractivity contribution >= 4 is 5.82 Å². The van der Waals surface area contributed by atoms with Gasteiger partial charge in [0.2, 0.25) is 0 Å². The Morgan fingerprint density at radius 2 is 2.05 bits per heavy atom. The number of para-hydroxylation sites is 1. The standard InChI is InChI=1S/C14H13F2N3O2/c15-14(16)21-11-4-2-1-3-8(11)13-18-10-5-6-20-7-9(10)12(17)19-13/h1-4,14H,5-7H2,(H2,17,18,19). The van der Waals surface area contributed by atoms with Crippen LogP contribution in [0, 0.1) is 0 Å². The summed E-state index contributed by atoms with van der Waals surface area (Å²) in [5.74, 6) is 0.616. The van der Waals surface area contributed by atoms with E-state index in [4.69, 9.17) is 10.5 Å². The number of ether oxygens (including phenoxy) is 2. The van der Waals surface area contributed by atoms with Crippen LogP contribution in [0.15, 0.2) is 24.3 Å². The maximum absolute atomic E-state index is 12.5. The zero-order chi connectivity index (χ0) is 14.8. The fraction of sp³-hybridized carbons (Fsp3) is 0.286. The number of anilines is 1. The number of nitrogens with two attached hydrogens (primary N) is 1. The molecule has 2 N–H and O–H groups in total. The molecule has 2 aromatic rings. The molecule has 0 radical (unpaired) electrons. The molecule has 1 aromatic carbocycles.